The first-order chi connectivity index (χ1) is 25.8. The molecule has 5 heterocycles. The molecule has 0 atom stereocenters. The quantitative estimate of drug-likeness (QED) is 0.182. The van der Waals surface area contributed by atoms with Gasteiger partial charge in [-0.3, -0.25) is 9.97 Å². The Kier molecular flexibility index (Phi) is 5.61. The van der Waals surface area contributed by atoms with Gasteiger partial charge in [-0.15, -0.1) is 0 Å². The molecule has 0 unspecified atom stereocenters. The van der Waals surface area contributed by atoms with Crippen molar-refractivity contribution in [3.63, 3.8) is 0 Å². The maximum absolute atomic E-state index is 5.36. The van der Waals surface area contributed by atoms with Crippen LogP contribution in [-0.4, -0.2) is 19.1 Å². The Bertz CT molecular complexity index is 2810. The molecule has 0 N–H and O–H groups in total. The zero-order valence-electron chi connectivity index (χ0n) is 27.9. The van der Waals surface area contributed by atoms with Gasteiger partial charge in [0.2, 0.25) is 0 Å². The summed E-state index contributed by atoms with van der Waals surface area (Å²) in [5.41, 5.74) is 12.8. The Labute approximate surface area is 303 Å². The Morgan fingerprint density at radius 2 is 0.731 bits per heavy atom. The number of para-hydroxylation sites is 4. The summed E-state index contributed by atoms with van der Waals surface area (Å²) in [5, 5.41) is 4.94. The number of nitrogens with zero attached hydrogens (tertiary/aromatic N) is 4. The van der Waals surface area contributed by atoms with E-state index in [0.29, 0.717) is 0 Å². The van der Waals surface area contributed by atoms with E-state index in [1.807, 2.05) is 24.2 Å². The molecule has 2 aliphatic rings. The Hall–Kier alpha value is -6.43. The molecule has 4 aromatic heterocycles. The highest BCUT2D eigenvalue weighted by atomic mass is 32.2. The molecule has 0 amide bonds. The molecule has 0 bridgehead atoms. The van der Waals surface area contributed by atoms with Crippen molar-refractivity contribution < 1.29 is 0 Å². The Morgan fingerprint density at radius 1 is 0.385 bits per heavy atom. The average molecular weight is 681 g/mol. The van der Waals surface area contributed by atoms with Crippen molar-refractivity contribution in [1.82, 2.24) is 19.1 Å². The van der Waals surface area contributed by atoms with Crippen LogP contribution >= 0.6 is 11.8 Å². The van der Waals surface area contributed by atoms with Crippen LogP contribution in [0.5, 0.6) is 0 Å². The summed E-state index contributed by atoms with van der Waals surface area (Å²) in [5.74, 6) is 0. The second kappa shape index (κ2) is 10.3. The molecule has 5 heteroatoms. The maximum atomic E-state index is 5.36. The van der Waals surface area contributed by atoms with Gasteiger partial charge in [0.05, 0.1) is 62.6 Å². The van der Waals surface area contributed by atoms with Gasteiger partial charge in [-0.1, -0.05) is 121 Å². The fourth-order valence-corrected chi connectivity index (χ4v) is 10.4. The first kappa shape index (κ1) is 28.3. The first-order valence-electron chi connectivity index (χ1n) is 17.7. The lowest BCUT2D eigenvalue weighted by molar-refractivity contribution is 0.718. The van der Waals surface area contributed by atoms with Gasteiger partial charge in [0, 0.05) is 42.5 Å². The number of hydrogen-bond donors (Lipinski definition) is 0. The van der Waals surface area contributed by atoms with E-state index in [-0.39, 0.29) is 0 Å². The van der Waals surface area contributed by atoms with Gasteiger partial charge in [0.1, 0.15) is 0 Å². The van der Waals surface area contributed by atoms with Crippen molar-refractivity contribution in [2.45, 2.75) is 15.2 Å². The highest BCUT2D eigenvalue weighted by molar-refractivity contribution is 7.99. The molecule has 0 saturated heterocycles. The van der Waals surface area contributed by atoms with Crippen LogP contribution in [0, 0.1) is 0 Å². The van der Waals surface area contributed by atoms with Gasteiger partial charge < -0.3 is 9.13 Å². The molecule has 1 spiro atoms. The lowest BCUT2D eigenvalue weighted by atomic mass is 9.67. The zero-order valence-corrected chi connectivity index (χ0v) is 28.7. The lowest BCUT2D eigenvalue weighted by Crippen LogP contribution is -2.32. The summed E-state index contributed by atoms with van der Waals surface area (Å²) in [6.45, 7) is 0. The number of pyridine rings is 2. The third kappa shape index (κ3) is 3.53. The van der Waals surface area contributed by atoms with E-state index in [1.165, 1.54) is 64.5 Å². The minimum absolute atomic E-state index is 0.632. The predicted octanol–water partition coefficient (Wildman–Crippen LogP) is 11.5. The molecule has 10 aromatic rings. The lowest BCUT2D eigenvalue weighted by Gasteiger charge is -2.39. The SMILES string of the molecule is c1ccc2c(c1)Sc1ccccc1C21c2cc(-n3c4ccccc4c4ccccc43)cnc2-c2ncc(-n3c4ccccc4c4ccccc43)cc21. The fourth-order valence-electron chi connectivity index (χ4n) is 9.22. The summed E-state index contributed by atoms with van der Waals surface area (Å²) in [4.78, 5) is 13.2. The normalized spacial score (nSPS) is 13.8. The molecular formula is C47H28N4S. The highest BCUT2D eigenvalue weighted by Gasteiger charge is 2.52. The van der Waals surface area contributed by atoms with Crippen LogP contribution in [0.3, 0.4) is 0 Å². The van der Waals surface area contributed by atoms with Crippen LogP contribution in [0.1, 0.15) is 22.3 Å². The van der Waals surface area contributed by atoms with Gasteiger partial charge in [0.15, 0.2) is 0 Å². The Balaban J connectivity index is 1.21. The first-order valence-corrected chi connectivity index (χ1v) is 18.5. The van der Waals surface area contributed by atoms with Crippen LogP contribution in [0.4, 0.5) is 0 Å². The topological polar surface area (TPSA) is 35.6 Å². The fraction of sp³-hybridized carbons (Fsp3) is 0.0213. The Morgan fingerprint density at radius 3 is 1.13 bits per heavy atom. The largest absolute Gasteiger partial charge is 0.308 e. The summed E-state index contributed by atoms with van der Waals surface area (Å²) in [6, 6.07) is 57.4. The van der Waals surface area contributed by atoms with E-state index in [4.69, 9.17) is 9.97 Å². The van der Waals surface area contributed by atoms with Crippen molar-refractivity contribution in [1.29, 1.82) is 0 Å². The summed E-state index contributed by atoms with van der Waals surface area (Å²) >= 11 is 1.85. The molecule has 12 rings (SSSR count). The third-order valence-electron chi connectivity index (χ3n) is 11.3. The van der Waals surface area contributed by atoms with E-state index in [9.17, 15) is 0 Å². The molecule has 1 aliphatic carbocycles. The minimum atomic E-state index is -0.632. The van der Waals surface area contributed by atoms with Crippen molar-refractivity contribution in [2.75, 3.05) is 0 Å². The number of fused-ring (bicyclic) bond motifs is 15. The monoisotopic (exact) mass is 680 g/mol. The molecular weight excluding hydrogens is 653 g/mol. The molecule has 1 aliphatic heterocycles. The predicted molar refractivity (Wildman–Crippen MR) is 212 cm³/mol. The van der Waals surface area contributed by atoms with Crippen LogP contribution in [-0.2, 0) is 5.41 Å². The van der Waals surface area contributed by atoms with Gasteiger partial charge in [-0.05, 0) is 59.7 Å². The van der Waals surface area contributed by atoms with E-state index in [2.05, 4.69) is 167 Å². The van der Waals surface area contributed by atoms with E-state index < -0.39 is 5.41 Å². The summed E-state index contributed by atoms with van der Waals surface area (Å²) in [7, 11) is 0. The van der Waals surface area contributed by atoms with Gasteiger partial charge in [0.25, 0.3) is 0 Å². The van der Waals surface area contributed by atoms with E-state index in [0.717, 1.165) is 33.9 Å². The van der Waals surface area contributed by atoms with Gasteiger partial charge in [-0.2, -0.15) is 0 Å². The number of rotatable bonds is 2. The summed E-state index contributed by atoms with van der Waals surface area (Å²) < 4.78 is 4.75. The van der Waals surface area contributed by atoms with Crippen molar-refractivity contribution >= 4 is 55.4 Å². The van der Waals surface area contributed by atoms with Crippen LogP contribution in [0.2, 0.25) is 0 Å². The minimum Gasteiger partial charge on any atom is -0.308 e. The number of aromatic nitrogens is 4. The van der Waals surface area contributed by atoms with Crippen LogP contribution < -0.4 is 0 Å². The highest BCUT2D eigenvalue weighted by Crippen LogP contribution is 2.62. The standard InChI is InChI=1S/C47H28N4S/c1-7-19-39-31(13-1)32-14-2-8-20-40(32)50(39)29-25-37-45(48-27-29)46-38(47(37)35-17-5-11-23-43(35)52-44-24-12-6-18-36(44)47)26-30(28-49-46)51-41-21-9-3-15-33(41)34-16-4-10-22-42(34)51/h1-28H. The van der Waals surface area contributed by atoms with Crippen molar-refractivity contribution in [3.05, 3.63) is 192 Å². The van der Waals surface area contributed by atoms with Gasteiger partial charge >= 0.3 is 0 Å². The maximum Gasteiger partial charge on any atom is 0.0939 e. The van der Waals surface area contributed by atoms with Crippen molar-refractivity contribution in [3.8, 4) is 22.8 Å². The molecule has 0 saturated carbocycles. The molecule has 242 valence electrons. The van der Waals surface area contributed by atoms with E-state index in [1.54, 1.807) is 0 Å². The van der Waals surface area contributed by atoms with E-state index >= 15 is 0 Å². The molecule has 0 fully saturated rings. The molecule has 0 radical (unpaired) electrons. The third-order valence-corrected chi connectivity index (χ3v) is 12.4. The molecule has 4 nitrogen and oxygen atoms in total. The second-order valence-corrected chi connectivity index (χ2v) is 14.8. The zero-order chi connectivity index (χ0) is 34.0. The van der Waals surface area contributed by atoms with Crippen LogP contribution in [0.25, 0.3) is 66.4 Å². The van der Waals surface area contributed by atoms with Crippen LogP contribution in [0.15, 0.2) is 180 Å². The average Bonchev–Trinajstić information content (AvgIpc) is 3.82. The molecule has 6 aromatic carbocycles. The second-order valence-electron chi connectivity index (χ2n) is 13.8. The van der Waals surface area contributed by atoms with Crippen molar-refractivity contribution in [2.24, 2.45) is 0 Å². The molecule has 52 heavy (non-hydrogen) atoms. The van der Waals surface area contributed by atoms with Gasteiger partial charge in [-0.25, -0.2) is 0 Å². The summed E-state index contributed by atoms with van der Waals surface area (Å²) in [6.07, 6.45) is 4.08. The smallest absolute Gasteiger partial charge is 0.0939 e. The number of hydrogen-bond acceptors (Lipinski definition) is 3. The number of benzene rings is 6.